The highest BCUT2D eigenvalue weighted by Gasteiger charge is 2.20. The maximum atomic E-state index is 12.5. The van der Waals surface area contributed by atoms with Crippen LogP contribution >= 0.6 is 11.3 Å². The molecule has 0 saturated heterocycles. The highest BCUT2D eigenvalue weighted by atomic mass is 32.1. The number of anilines is 1. The lowest BCUT2D eigenvalue weighted by molar-refractivity contribution is 0.0463. The third-order valence-corrected chi connectivity index (χ3v) is 4.91. The van der Waals surface area contributed by atoms with E-state index in [0.29, 0.717) is 28.1 Å². The molecular formula is C20H20N2O5S. The van der Waals surface area contributed by atoms with E-state index in [2.05, 4.69) is 10.3 Å². The molecule has 1 N–H and O–H groups in total. The molecule has 0 bridgehead atoms. The quantitative estimate of drug-likeness (QED) is 0.652. The van der Waals surface area contributed by atoms with Crippen molar-refractivity contribution in [3.8, 4) is 0 Å². The van der Waals surface area contributed by atoms with Gasteiger partial charge in [-0.2, -0.15) is 0 Å². The number of ether oxygens (including phenoxy) is 1. The molecule has 0 unspecified atom stereocenters. The Bertz CT molecular complexity index is 1110. The van der Waals surface area contributed by atoms with Crippen LogP contribution in [0.5, 0.6) is 0 Å². The van der Waals surface area contributed by atoms with Crippen LogP contribution in [0.15, 0.2) is 33.5 Å². The first kappa shape index (κ1) is 19.8. The number of nitrogens with one attached hydrogen (secondary N) is 1. The second-order valence-electron chi connectivity index (χ2n) is 6.85. The zero-order chi connectivity index (χ0) is 20.4. The predicted octanol–water partition coefficient (Wildman–Crippen LogP) is 3.93. The fourth-order valence-electron chi connectivity index (χ4n) is 2.48. The Morgan fingerprint density at radius 1 is 1.25 bits per heavy atom. The molecule has 2 aromatic heterocycles. The average Bonchev–Trinajstić information content (AvgIpc) is 2.99. The number of esters is 1. The van der Waals surface area contributed by atoms with Crippen molar-refractivity contribution >= 4 is 39.3 Å². The zero-order valence-electron chi connectivity index (χ0n) is 16.0. The molecule has 1 amide bonds. The standard InChI is InChI=1S/C20H20N2O5S/c1-10(2)9-26-19(25)17-12(4)21-20(28-17)22-18(24)16-8-14(23)13-6-5-11(3)7-15(13)27-16/h5-8,10H,9H2,1-4H3,(H,21,22,24). The summed E-state index contributed by atoms with van der Waals surface area (Å²) in [5.41, 5.74) is 1.41. The van der Waals surface area contributed by atoms with Gasteiger partial charge in [0.25, 0.3) is 5.91 Å². The summed E-state index contributed by atoms with van der Waals surface area (Å²) in [4.78, 5) is 41.4. The predicted molar refractivity (Wildman–Crippen MR) is 107 cm³/mol. The fourth-order valence-corrected chi connectivity index (χ4v) is 3.34. The maximum absolute atomic E-state index is 12.5. The van der Waals surface area contributed by atoms with Gasteiger partial charge in [0.2, 0.25) is 0 Å². The minimum atomic E-state index is -0.614. The van der Waals surface area contributed by atoms with E-state index in [9.17, 15) is 14.4 Å². The molecule has 3 rings (SSSR count). The minimum absolute atomic E-state index is 0.125. The Balaban J connectivity index is 1.82. The van der Waals surface area contributed by atoms with Gasteiger partial charge in [0.15, 0.2) is 16.3 Å². The van der Waals surface area contributed by atoms with Gasteiger partial charge in [-0.25, -0.2) is 9.78 Å². The van der Waals surface area contributed by atoms with Crippen molar-refractivity contribution in [1.29, 1.82) is 0 Å². The molecule has 0 aliphatic carbocycles. The summed E-state index contributed by atoms with van der Waals surface area (Å²) in [6.07, 6.45) is 0. The molecule has 0 aliphatic rings. The molecule has 0 radical (unpaired) electrons. The second-order valence-corrected chi connectivity index (χ2v) is 7.85. The maximum Gasteiger partial charge on any atom is 0.350 e. The number of carbonyl (C=O) groups is 2. The van der Waals surface area contributed by atoms with Gasteiger partial charge in [0.1, 0.15) is 10.5 Å². The van der Waals surface area contributed by atoms with E-state index in [-0.39, 0.29) is 22.2 Å². The molecule has 0 atom stereocenters. The van der Waals surface area contributed by atoms with Crippen LogP contribution in [-0.4, -0.2) is 23.5 Å². The molecule has 3 aromatic rings. The van der Waals surface area contributed by atoms with Crippen molar-refractivity contribution in [3.63, 3.8) is 0 Å². The van der Waals surface area contributed by atoms with Crippen LogP contribution in [-0.2, 0) is 4.74 Å². The molecule has 0 aliphatic heterocycles. The van der Waals surface area contributed by atoms with Crippen molar-refractivity contribution < 1.29 is 18.7 Å². The van der Waals surface area contributed by atoms with Crippen LogP contribution in [0.1, 0.15) is 45.3 Å². The van der Waals surface area contributed by atoms with Crippen LogP contribution in [0.4, 0.5) is 5.13 Å². The molecule has 1 aromatic carbocycles. The van der Waals surface area contributed by atoms with Gasteiger partial charge in [0.05, 0.1) is 17.7 Å². The number of fused-ring (bicyclic) bond motifs is 1. The number of hydrogen-bond donors (Lipinski definition) is 1. The van der Waals surface area contributed by atoms with Gasteiger partial charge < -0.3 is 9.15 Å². The Morgan fingerprint density at radius 3 is 2.71 bits per heavy atom. The number of thiazole rings is 1. The first-order valence-electron chi connectivity index (χ1n) is 8.75. The van der Waals surface area contributed by atoms with Crippen LogP contribution in [0.25, 0.3) is 11.0 Å². The summed E-state index contributed by atoms with van der Waals surface area (Å²) >= 11 is 1.02. The van der Waals surface area contributed by atoms with E-state index < -0.39 is 11.9 Å². The Labute approximate surface area is 165 Å². The van der Waals surface area contributed by atoms with Gasteiger partial charge in [0, 0.05) is 6.07 Å². The van der Waals surface area contributed by atoms with E-state index in [1.165, 1.54) is 0 Å². The lowest BCUT2D eigenvalue weighted by Crippen LogP contribution is -2.14. The topological polar surface area (TPSA) is 98.5 Å². The summed E-state index contributed by atoms with van der Waals surface area (Å²) in [5.74, 6) is -0.996. The van der Waals surface area contributed by atoms with E-state index >= 15 is 0 Å². The van der Waals surface area contributed by atoms with E-state index in [1.807, 2.05) is 20.8 Å². The molecular weight excluding hydrogens is 380 g/mol. The van der Waals surface area contributed by atoms with Crippen LogP contribution in [0.2, 0.25) is 0 Å². The zero-order valence-corrected chi connectivity index (χ0v) is 16.8. The highest BCUT2D eigenvalue weighted by Crippen LogP contribution is 2.24. The fraction of sp³-hybridized carbons (Fsp3) is 0.300. The first-order chi connectivity index (χ1) is 13.2. The first-order valence-corrected chi connectivity index (χ1v) is 9.56. The smallest absolute Gasteiger partial charge is 0.350 e. The number of aromatic nitrogens is 1. The van der Waals surface area contributed by atoms with E-state index in [0.717, 1.165) is 23.0 Å². The van der Waals surface area contributed by atoms with Crippen molar-refractivity contribution in [2.75, 3.05) is 11.9 Å². The summed E-state index contributed by atoms with van der Waals surface area (Å²) in [7, 11) is 0. The molecule has 146 valence electrons. The summed E-state index contributed by atoms with van der Waals surface area (Å²) in [6.45, 7) is 7.72. The number of benzene rings is 1. The van der Waals surface area contributed by atoms with Gasteiger partial charge >= 0.3 is 5.97 Å². The second kappa shape index (κ2) is 7.93. The van der Waals surface area contributed by atoms with Crippen molar-refractivity contribution in [3.05, 3.63) is 56.4 Å². The summed E-state index contributed by atoms with van der Waals surface area (Å²) in [5, 5.41) is 3.21. The number of hydrogen-bond acceptors (Lipinski definition) is 7. The SMILES string of the molecule is Cc1ccc2c(=O)cc(C(=O)Nc3nc(C)c(C(=O)OCC(C)C)s3)oc2c1. The number of rotatable bonds is 5. The average molecular weight is 400 g/mol. The monoisotopic (exact) mass is 400 g/mol. The molecule has 0 spiro atoms. The minimum Gasteiger partial charge on any atom is -0.461 e. The van der Waals surface area contributed by atoms with E-state index in [4.69, 9.17) is 9.15 Å². The Hall–Kier alpha value is -3.00. The number of amides is 1. The Kier molecular flexibility index (Phi) is 5.60. The highest BCUT2D eigenvalue weighted by molar-refractivity contribution is 7.17. The summed E-state index contributed by atoms with van der Waals surface area (Å²) < 4.78 is 10.8. The number of nitrogens with zero attached hydrogens (tertiary/aromatic N) is 1. The lowest BCUT2D eigenvalue weighted by Gasteiger charge is -2.05. The van der Waals surface area contributed by atoms with Crippen molar-refractivity contribution in [2.45, 2.75) is 27.7 Å². The van der Waals surface area contributed by atoms with Crippen LogP contribution < -0.4 is 10.7 Å². The number of carbonyl (C=O) groups excluding carboxylic acids is 2. The molecule has 2 heterocycles. The van der Waals surface area contributed by atoms with Crippen molar-refractivity contribution in [2.24, 2.45) is 5.92 Å². The van der Waals surface area contributed by atoms with Gasteiger partial charge in [-0.3, -0.25) is 14.9 Å². The normalized spacial score (nSPS) is 11.0. The lowest BCUT2D eigenvalue weighted by atomic mass is 10.1. The van der Waals surface area contributed by atoms with Gasteiger partial charge in [-0.05, 0) is 37.5 Å². The molecule has 7 nitrogen and oxygen atoms in total. The molecule has 0 saturated carbocycles. The molecule has 0 fully saturated rings. The molecule has 28 heavy (non-hydrogen) atoms. The third kappa shape index (κ3) is 4.28. The van der Waals surface area contributed by atoms with Crippen LogP contribution in [0, 0.1) is 19.8 Å². The largest absolute Gasteiger partial charge is 0.461 e. The molecule has 8 heteroatoms. The van der Waals surface area contributed by atoms with Crippen molar-refractivity contribution in [1.82, 2.24) is 4.98 Å². The third-order valence-electron chi connectivity index (χ3n) is 3.86. The van der Waals surface area contributed by atoms with Gasteiger partial charge in [-0.1, -0.05) is 31.3 Å². The number of aryl methyl sites for hydroxylation is 2. The van der Waals surface area contributed by atoms with Gasteiger partial charge in [-0.15, -0.1) is 0 Å². The van der Waals surface area contributed by atoms with E-state index in [1.54, 1.807) is 25.1 Å². The summed E-state index contributed by atoms with van der Waals surface area (Å²) in [6, 6.07) is 6.31. The van der Waals surface area contributed by atoms with Crippen LogP contribution in [0.3, 0.4) is 0 Å². The Morgan fingerprint density at radius 2 is 2.00 bits per heavy atom.